The third-order valence-electron chi connectivity index (χ3n) is 27.2. The first-order valence-electron chi connectivity index (χ1n) is 54.8. The number of ketones is 1. The van der Waals surface area contributed by atoms with Crippen LogP contribution >= 0.6 is 68.4 Å². The number of amides is 4. The van der Waals surface area contributed by atoms with E-state index in [1.54, 1.807) is 27.3 Å². The third-order valence-corrected chi connectivity index (χ3v) is 33.1. The van der Waals surface area contributed by atoms with Crippen LogP contribution < -0.4 is 103 Å². The van der Waals surface area contributed by atoms with E-state index in [1.807, 2.05) is 102 Å². The number of rotatable bonds is 61. The van der Waals surface area contributed by atoms with Gasteiger partial charge in [-0.15, -0.1) is 0 Å². The summed E-state index contributed by atoms with van der Waals surface area (Å²) in [6.07, 6.45) is 83.7. The van der Waals surface area contributed by atoms with Gasteiger partial charge in [0.2, 0.25) is 66.1 Å². The van der Waals surface area contributed by atoms with Gasteiger partial charge in [0.1, 0.15) is 5.69 Å². The van der Waals surface area contributed by atoms with Crippen LogP contribution in [0, 0.1) is 0 Å². The Morgan fingerprint density at radius 1 is 0.328 bits per heavy atom. The Morgan fingerprint density at radius 3 is 0.985 bits per heavy atom. The minimum Gasteiger partial charge on any atom is -1.00 e. The van der Waals surface area contributed by atoms with Crippen LogP contribution in [0.4, 0.5) is 0 Å². The van der Waals surface area contributed by atoms with Crippen molar-refractivity contribution in [2.75, 3.05) is 57.3 Å². The maximum Gasteiger partial charge on any atom is 0.288 e. The molecule has 1 unspecified atom stereocenters. The van der Waals surface area contributed by atoms with Crippen LogP contribution in [0.2, 0.25) is 0 Å². The molecule has 0 bridgehead atoms. The van der Waals surface area contributed by atoms with Crippen molar-refractivity contribution in [1.82, 2.24) is 24.6 Å². The maximum absolute atomic E-state index is 13.2. The van der Waals surface area contributed by atoms with E-state index in [9.17, 15) is 24.0 Å². The van der Waals surface area contributed by atoms with Gasteiger partial charge in [0.25, 0.3) is 23.6 Å². The molecule has 1 atom stereocenters. The first kappa shape index (κ1) is 132. The monoisotopic (exact) mass is 2290 g/mol. The van der Waals surface area contributed by atoms with Crippen molar-refractivity contribution in [1.29, 1.82) is 0 Å². The molecule has 137 heavy (non-hydrogen) atoms. The van der Waals surface area contributed by atoms with Crippen LogP contribution in [-0.2, 0) is 103 Å². The molecule has 0 aliphatic carbocycles. The van der Waals surface area contributed by atoms with E-state index in [-0.39, 0.29) is 92.0 Å². The van der Waals surface area contributed by atoms with Gasteiger partial charge in [-0.2, -0.15) is 34.6 Å². The number of nitrogens with zero attached hydrogens (tertiary/aromatic N) is 10. The Bertz CT molecular complexity index is 3890. The molecule has 4 aliphatic rings. The number of aromatic nitrogens is 6. The molecule has 786 valence electrons. The number of carbonyl (C=O) groups excluding carboxylic acids is 5. The molecule has 4 saturated heterocycles. The lowest BCUT2D eigenvalue weighted by molar-refractivity contribution is -0.688. The highest BCUT2D eigenvalue weighted by atomic mass is 79.9. The predicted molar refractivity (Wildman–Crippen MR) is 564 cm³/mol. The lowest BCUT2D eigenvalue weighted by atomic mass is 10.0. The molecule has 0 aromatic carbocycles. The molecule has 10 rings (SSSR count). The molecule has 4 fully saturated rings. The fourth-order valence-corrected chi connectivity index (χ4v) is 24.8. The molecule has 6 aromatic rings. The molecule has 4 amide bonds. The average Bonchev–Trinajstić information content (AvgIpc) is 1.71. The van der Waals surface area contributed by atoms with E-state index in [1.165, 1.54) is 373 Å². The zero-order chi connectivity index (χ0) is 94.3. The molecule has 26 heteroatoms. The number of thioether (sulfide) groups is 1. The van der Waals surface area contributed by atoms with Gasteiger partial charge in [-0.1, -0.05) is 375 Å². The Kier molecular flexibility index (Phi) is 84.7. The van der Waals surface area contributed by atoms with E-state index in [0.29, 0.717) is 62.2 Å². The molecular weight excluding hydrogens is 2100 g/mol. The van der Waals surface area contributed by atoms with Crippen molar-refractivity contribution >= 4 is 97.9 Å². The minimum absolute atomic E-state index is 0. The summed E-state index contributed by atoms with van der Waals surface area (Å²) < 4.78 is 11.0. The molecule has 0 radical (unpaired) electrons. The second-order valence-electron chi connectivity index (χ2n) is 38.6. The lowest BCUT2D eigenvalue weighted by Gasteiger charge is -2.32. The van der Waals surface area contributed by atoms with E-state index < -0.39 is 0 Å². The molecule has 6 aromatic heterocycles. The average molecular weight is 2290 g/mol. The van der Waals surface area contributed by atoms with Crippen molar-refractivity contribution in [2.24, 2.45) is 0 Å². The summed E-state index contributed by atoms with van der Waals surface area (Å²) in [6, 6.07) is 5.98. The Morgan fingerprint density at radius 2 is 0.642 bits per heavy atom. The number of likely N-dealkylation sites (tertiary alicyclic amines) is 3. The second kappa shape index (κ2) is 87.6. The molecule has 0 saturated carbocycles. The standard InChI is InChI=1S/C32H59N2OS.C27H49N2OS.C26H41N2OS.C17H29N2OS.C9H13N2OS2.4BrH.ClH/c1-3-5-7-9-11-13-16-20-24-30-31(25-21-17-14-12-10-8-6-4-2)36-29-34(30)28-32(35)33-26-22-18-15-19-23-27-33;1-3-5-7-9-11-15-19-25-26(20-16-12-10-8-6-4-2)31-24-29(25)23-27(30)28-21-17-13-14-18-22-28;1-3-5-7-9-11-13-18-24-26(19-14-12-10-8-6-4-2)30-22-28(24)21-25(29)23-17-15-16-20-27-23;1-4-8-15-16(9-5-2)21-13-18(15)12-17(20)19-11-7-6-10-14(19)3;12-9(7-10-1-4-14-8-10)11-2-5-13-6-3-11;;;;;/h29H,3-28H2,1-2H3;24H,3-23H2,1-2H3;15-17,20,22H,3-14,18-19,21H2,1-2H3;13-14H,4-12H2,1-3H3;1,4,8H,2-3,5-7H2;5*1H/q5*+1;;;;;/p-5. The van der Waals surface area contributed by atoms with Crippen molar-refractivity contribution < 1.29 is 127 Å². The summed E-state index contributed by atoms with van der Waals surface area (Å²) in [4.78, 5) is 81.9. The maximum atomic E-state index is 13.2. The zero-order valence-corrected chi connectivity index (χ0v) is 99.5. The van der Waals surface area contributed by atoms with Gasteiger partial charge in [-0.05, 0) is 135 Å². The van der Waals surface area contributed by atoms with Crippen molar-refractivity contribution in [3.05, 3.63) is 112 Å². The summed E-state index contributed by atoms with van der Waals surface area (Å²) in [6.45, 7) is 29.5. The van der Waals surface area contributed by atoms with Gasteiger partial charge in [0, 0.05) is 95.2 Å². The van der Waals surface area contributed by atoms with Gasteiger partial charge >= 0.3 is 0 Å². The van der Waals surface area contributed by atoms with Gasteiger partial charge in [0.15, 0.2) is 29.0 Å². The first-order chi connectivity index (χ1) is 64.8. The largest absolute Gasteiger partial charge is 1.00 e. The molecule has 15 nitrogen and oxygen atoms in total. The summed E-state index contributed by atoms with van der Waals surface area (Å²) in [5.74, 6) is 3.49. The van der Waals surface area contributed by atoms with Crippen LogP contribution in [0.1, 0.15) is 462 Å². The third kappa shape index (κ3) is 57.4. The Labute approximate surface area is 909 Å². The van der Waals surface area contributed by atoms with Gasteiger partial charge in [0.05, 0.1) is 24.9 Å². The highest BCUT2D eigenvalue weighted by Crippen LogP contribution is 2.27. The number of unbranched alkanes of at least 4 members (excludes halogenated alkanes) is 34. The zero-order valence-electron chi connectivity index (χ0n) is 87.5. The number of hydrogen-bond donors (Lipinski definition) is 0. The molecule has 4 aliphatic heterocycles. The smallest absolute Gasteiger partial charge is 0.288 e. The van der Waals surface area contributed by atoms with Crippen molar-refractivity contribution in [3.63, 3.8) is 0 Å². The Balaban J connectivity index is 0.000000870. The fourth-order valence-electron chi connectivity index (χ4n) is 18.9. The van der Waals surface area contributed by atoms with Crippen LogP contribution in [0.15, 0.2) is 63.5 Å². The van der Waals surface area contributed by atoms with Gasteiger partial charge in [-0.3, -0.25) is 29.0 Å². The number of thiazole rings is 5. The van der Waals surface area contributed by atoms with Crippen LogP contribution in [0.5, 0.6) is 0 Å². The van der Waals surface area contributed by atoms with E-state index in [0.717, 1.165) is 115 Å². The molecule has 0 N–H and O–H groups in total. The highest BCUT2D eigenvalue weighted by molar-refractivity contribution is 7.99. The summed E-state index contributed by atoms with van der Waals surface area (Å²) >= 11 is 11.0. The predicted octanol–water partition coefficient (Wildman–Crippen LogP) is 12.5. The van der Waals surface area contributed by atoms with E-state index >= 15 is 0 Å². The van der Waals surface area contributed by atoms with Gasteiger partial charge < -0.3 is 99.9 Å². The normalized spacial score (nSPS) is 14.3. The number of carbonyl (C=O) groups is 5. The summed E-state index contributed by atoms with van der Waals surface area (Å²) in [5, 5.41) is 1.99. The number of pyridine rings is 1. The number of piperidine rings is 1. The lowest BCUT2D eigenvalue weighted by Crippen LogP contribution is -3.00. The second-order valence-corrected chi connectivity index (χ2v) is 44.3. The molecular formula is C111H191Br4ClN10O5S6. The van der Waals surface area contributed by atoms with Crippen LogP contribution in [0.25, 0.3) is 0 Å². The highest BCUT2D eigenvalue weighted by Gasteiger charge is 2.32. The number of aryl methyl sites for hydroxylation is 4. The van der Waals surface area contributed by atoms with E-state index in [4.69, 9.17) is 0 Å². The first-order valence-corrected chi connectivity index (χ1v) is 60.4. The van der Waals surface area contributed by atoms with Crippen molar-refractivity contribution in [3.8, 4) is 0 Å². The quantitative estimate of drug-likeness (QED) is 0.0211. The molecule has 0 spiro atoms. The van der Waals surface area contributed by atoms with Gasteiger partial charge in [-0.25, -0.2) is 0 Å². The summed E-state index contributed by atoms with van der Waals surface area (Å²) in [7, 11) is 0. The minimum atomic E-state index is 0. The topological polar surface area (TPSA) is 131 Å². The SMILES string of the molecule is CCCCCCCCCCc1sc[n+](CC(=O)N2CCCCCCC2)c1CCCCCCCCCC.CCCCCCCCc1sc[n+](CC(=O)N2CCCCCC2)c1CCCCCCCC.CCCCCCCCc1sc[n+](CC(=O)c2ccccn2)c1CCCCCCCC.CCCc1sc[n+](CC(=O)N2CCCCC2C)c1CCC.O=C(C[n+]1ccsc1)N1CCSCC1.[Br-].[Br-].[Br-].[Br-].[Cl-]. The summed E-state index contributed by atoms with van der Waals surface area (Å²) in [5.41, 5.74) is 17.1. The van der Waals surface area contributed by atoms with E-state index in [2.05, 4.69) is 122 Å². The number of halogens is 5. The number of Topliss-reactive ketones (excluding diaryl/α,β-unsaturated/α-hetero) is 1. The number of hydrogen-bond acceptors (Lipinski definition) is 12. The van der Waals surface area contributed by atoms with Crippen LogP contribution in [0.3, 0.4) is 0 Å². The van der Waals surface area contributed by atoms with Crippen molar-refractivity contribution in [2.45, 2.75) is 499 Å². The van der Waals surface area contributed by atoms with Crippen LogP contribution in [-0.4, -0.2) is 117 Å². The molecule has 10 heterocycles. The fraction of sp³-hybridized carbons (Fsp3) is 0.775. The Hall–Kier alpha value is -2.59.